The number of hydrogen-bond acceptors (Lipinski definition) is 0. The molecule has 0 unspecified atom stereocenters. The number of benzene rings is 2. The molecule has 0 fully saturated rings. The molecular weight excluding hydrogens is 351 g/mol. The number of halogens is 1. The Morgan fingerprint density at radius 2 is 1.06 bits per heavy atom. The minimum Gasteiger partial charge on any atom is -0.128 e. The van der Waals surface area contributed by atoms with Crippen molar-refractivity contribution in [3.05, 3.63) is 60.7 Å². The van der Waals surface area contributed by atoms with E-state index in [1.54, 1.807) is 0 Å². The van der Waals surface area contributed by atoms with Crippen LogP contribution in [0.2, 0.25) is 0 Å². The second-order valence-electron chi connectivity index (χ2n) is 5.28. The summed E-state index contributed by atoms with van der Waals surface area (Å²) in [5.74, 6) is 0. The monoisotopic (exact) mass is 370 g/mol. The summed E-state index contributed by atoms with van der Waals surface area (Å²) in [5.41, 5.74) is 0. The van der Waals surface area contributed by atoms with E-state index in [0.717, 1.165) is 0 Å². The zero-order chi connectivity index (χ0) is 13.2. The van der Waals surface area contributed by atoms with Crippen molar-refractivity contribution in [2.75, 3.05) is 0 Å². The second kappa shape index (κ2) is 5.25. The molecule has 0 bridgehead atoms. The van der Waals surface area contributed by atoms with Crippen LogP contribution < -0.4 is 0 Å². The maximum atomic E-state index is 2.70. The molecule has 2 heteroatoms. The molecule has 0 aliphatic heterocycles. The minimum absolute atomic E-state index is 0.232. The van der Waals surface area contributed by atoms with Gasteiger partial charge in [-0.1, -0.05) is 57.2 Å². The van der Waals surface area contributed by atoms with E-state index in [4.69, 9.17) is 0 Å². The van der Waals surface area contributed by atoms with Crippen molar-refractivity contribution in [1.82, 2.24) is 0 Å². The van der Waals surface area contributed by atoms with Gasteiger partial charge in [0.15, 0.2) is 0 Å². The average molecular weight is 370 g/mol. The summed E-state index contributed by atoms with van der Waals surface area (Å²) in [6.07, 6.45) is 0. The van der Waals surface area contributed by atoms with Gasteiger partial charge >= 0.3 is 0 Å². The highest BCUT2D eigenvalue weighted by Gasteiger charge is 2.37. The first kappa shape index (κ1) is 13.9. The van der Waals surface area contributed by atoms with Gasteiger partial charge in [0.25, 0.3) is 0 Å². The van der Waals surface area contributed by atoms with Crippen molar-refractivity contribution in [2.24, 2.45) is 0 Å². The van der Waals surface area contributed by atoms with Crippen LogP contribution in [-0.4, -0.2) is 4.75 Å². The van der Waals surface area contributed by atoms with Gasteiger partial charge in [0.05, 0.1) is 0 Å². The topological polar surface area (TPSA) is 0 Å². The predicted octanol–water partition coefficient (Wildman–Crippen LogP) is 6.06. The fourth-order valence-corrected chi connectivity index (χ4v) is 6.57. The van der Waals surface area contributed by atoms with Crippen LogP contribution in [0.1, 0.15) is 20.8 Å². The maximum absolute atomic E-state index is 2.70. The Bertz CT molecular complexity index is 460. The van der Waals surface area contributed by atoms with Crippen LogP contribution in [0, 0.1) is 0 Å². The van der Waals surface area contributed by atoms with Gasteiger partial charge in [-0.15, -0.1) is 7.20 Å². The molecule has 96 valence electrons. The quantitative estimate of drug-likeness (QED) is 0.564. The summed E-state index contributed by atoms with van der Waals surface area (Å²) in [5, 5.41) is 0. The van der Waals surface area contributed by atoms with Crippen LogP contribution in [-0.2, 0) is 0 Å². The first-order chi connectivity index (χ1) is 8.46. The molecule has 0 saturated carbocycles. The van der Waals surface area contributed by atoms with Gasteiger partial charge in [-0.3, -0.25) is 0 Å². The fraction of sp³-hybridized carbons (Fsp3) is 0.250. The normalized spacial score (nSPS) is 13.3. The maximum Gasteiger partial charge on any atom is 0.00803 e. The van der Waals surface area contributed by atoms with E-state index in [1.807, 2.05) is 0 Å². The molecule has 0 atom stereocenters. The van der Waals surface area contributed by atoms with Crippen LogP contribution in [0.5, 0.6) is 0 Å². The van der Waals surface area contributed by atoms with Crippen LogP contribution in [0.15, 0.2) is 70.5 Å². The summed E-state index contributed by atoms with van der Waals surface area (Å²) >= 11 is 2.70. The molecule has 0 N–H and O–H groups in total. The third-order valence-electron chi connectivity index (χ3n) is 2.98. The standard InChI is InChI=1S/C16H19IS/c1-16(2,3)18(17,14-10-6-4-7-11-14)15-12-8-5-9-13-15/h4-13H,1-3H3. The minimum atomic E-state index is -1.04. The van der Waals surface area contributed by atoms with E-state index in [1.165, 1.54) is 9.79 Å². The van der Waals surface area contributed by atoms with Gasteiger partial charge in [-0.2, -0.15) is 0 Å². The lowest BCUT2D eigenvalue weighted by molar-refractivity contribution is 0.789. The zero-order valence-corrected chi connectivity index (χ0v) is 14.0. The highest BCUT2D eigenvalue weighted by Crippen LogP contribution is 2.76. The van der Waals surface area contributed by atoms with E-state index in [0.29, 0.717) is 0 Å². The van der Waals surface area contributed by atoms with E-state index in [9.17, 15) is 0 Å². The van der Waals surface area contributed by atoms with Gasteiger partial charge in [0.2, 0.25) is 0 Å². The number of rotatable bonds is 2. The van der Waals surface area contributed by atoms with E-state index >= 15 is 0 Å². The van der Waals surface area contributed by atoms with Gasteiger partial charge in [-0.05, 0) is 45.5 Å². The second-order valence-corrected chi connectivity index (χ2v) is 12.5. The first-order valence-electron chi connectivity index (χ1n) is 6.09. The molecule has 2 aromatic carbocycles. The highest BCUT2D eigenvalue weighted by molar-refractivity contribution is 14.2. The Labute approximate surface area is 124 Å². The zero-order valence-electron chi connectivity index (χ0n) is 11.1. The van der Waals surface area contributed by atoms with Gasteiger partial charge < -0.3 is 0 Å². The van der Waals surface area contributed by atoms with Gasteiger partial charge in [0.1, 0.15) is 0 Å². The molecule has 0 radical (unpaired) electrons. The molecule has 0 aliphatic rings. The highest BCUT2D eigenvalue weighted by atomic mass is 127. The molecule has 2 rings (SSSR count). The molecule has 0 heterocycles. The SMILES string of the molecule is CC(C)(C)S(I)(c1ccccc1)c1ccccc1. The van der Waals surface area contributed by atoms with Gasteiger partial charge in [-0.25, -0.2) is 0 Å². The van der Waals surface area contributed by atoms with Crippen LogP contribution in [0.25, 0.3) is 0 Å². The smallest absolute Gasteiger partial charge is 0.00803 e. The van der Waals surface area contributed by atoms with E-state index in [-0.39, 0.29) is 4.75 Å². The molecule has 0 aromatic heterocycles. The van der Waals surface area contributed by atoms with Crippen molar-refractivity contribution in [3.8, 4) is 0 Å². The van der Waals surface area contributed by atoms with Crippen molar-refractivity contribution < 1.29 is 0 Å². The molecule has 0 aliphatic carbocycles. The third-order valence-corrected chi connectivity index (χ3v) is 13.5. The lowest BCUT2D eigenvalue weighted by Gasteiger charge is -2.46. The summed E-state index contributed by atoms with van der Waals surface area (Å²) in [7, 11) is -1.04. The molecular formula is C16H19IS. The fourth-order valence-electron chi connectivity index (χ4n) is 2.06. The van der Waals surface area contributed by atoms with Gasteiger partial charge in [0, 0.05) is 14.5 Å². The number of hydrogen-bond donors (Lipinski definition) is 0. The predicted molar refractivity (Wildman–Crippen MR) is 90.8 cm³/mol. The summed E-state index contributed by atoms with van der Waals surface area (Å²) in [4.78, 5) is 2.90. The average Bonchev–Trinajstić information content (AvgIpc) is 2.38. The van der Waals surface area contributed by atoms with E-state index in [2.05, 4.69) is 103 Å². The molecule has 0 saturated heterocycles. The Balaban J connectivity index is 2.63. The molecule has 0 spiro atoms. The summed E-state index contributed by atoms with van der Waals surface area (Å²) in [6, 6.07) is 21.8. The van der Waals surface area contributed by atoms with Crippen molar-refractivity contribution in [2.45, 2.75) is 35.3 Å². The molecule has 0 nitrogen and oxygen atoms in total. The Morgan fingerprint density at radius 1 is 0.722 bits per heavy atom. The van der Waals surface area contributed by atoms with Crippen LogP contribution in [0.4, 0.5) is 0 Å². The summed E-state index contributed by atoms with van der Waals surface area (Å²) < 4.78 is 0.232. The third kappa shape index (κ3) is 2.45. The first-order valence-corrected chi connectivity index (χ1v) is 10.3. The largest absolute Gasteiger partial charge is 0.128 e. The van der Waals surface area contributed by atoms with Crippen LogP contribution in [0.3, 0.4) is 0 Å². The van der Waals surface area contributed by atoms with Crippen molar-refractivity contribution >= 4 is 28.4 Å². The Morgan fingerprint density at radius 3 is 1.33 bits per heavy atom. The van der Waals surface area contributed by atoms with Crippen LogP contribution >= 0.6 is 28.4 Å². The van der Waals surface area contributed by atoms with Crippen molar-refractivity contribution in [3.63, 3.8) is 0 Å². The molecule has 2 aromatic rings. The molecule has 0 amide bonds. The Hall–Kier alpha value is -0.480. The molecule has 18 heavy (non-hydrogen) atoms. The summed E-state index contributed by atoms with van der Waals surface area (Å²) in [6.45, 7) is 7.03. The van der Waals surface area contributed by atoms with E-state index < -0.39 is 7.20 Å². The lowest BCUT2D eigenvalue weighted by Crippen LogP contribution is -2.21. The van der Waals surface area contributed by atoms with Crippen molar-refractivity contribution in [1.29, 1.82) is 0 Å². The lowest BCUT2D eigenvalue weighted by atomic mass is 10.3. The Kier molecular flexibility index (Phi) is 4.07.